The van der Waals surface area contributed by atoms with E-state index in [1.165, 1.54) is 305 Å². The van der Waals surface area contributed by atoms with Crippen molar-refractivity contribution < 1.29 is 47.6 Å². The Morgan fingerprint density at radius 1 is 0.331 bits per heavy atom. The van der Waals surface area contributed by atoms with E-state index < -0.39 is 0 Å². The molecule has 0 atom stereocenters. The summed E-state index contributed by atoms with van der Waals surface area (Å²) in [6, 6.07) is 54.5. The van der Waals surface area contributed by atoms with Gasteiger partial charge in [-0.3, -0.25) is 4.79 Å². The SMILES string of the molecule is Brc1cccc(N2CCCCC2)c1.C1=C(c2cccc(N3CCCCC3)c2)CCC2(C1)OCCO2.CC1(C)OB(C2=CCC3(CC2)OCCO3)OC1(C)C.CC1CCC(c2cccc(N3CCCCC3)c2)CC1.O=C1CCC(c2cccc(N3CCCCC3)c2)CC1.OC1CCC(c2cccc(N3CCCCC3)c2)CC1.c1cc(C2CCC3(CC2)OCCO3)cc(N2CCCCC2)c1. The number of ether oxygens (including phenoxy) is 6. The van der Waals surface area contributed by atoms with Crippen LogP contribution in [0.4, 0.5) is 34.1 Å². The number of allylic oxidation sites excluding steroid dienone is 2. The van der Waals surface area contributed by atoms with Crippen molar-refractivity contribution in [3.05, 3.63) is 196 Å². The second kappa shape index (κ2) is 48.8. The van der Waals surface area contributed by atoms with Gasteiger partial charge >= 0.3 is 7.12 Å². The molecule has 0 unspecified atom stereocenters. The number of rotatable bonds is 12. The van der Waals surface area contributed by atoms with E-state index in [0.717, 1.165) is 141 Å². The maximum Gasteiger partial charge on any atom is 0.490 e. The fourth-order valence-electron chi connectivity index (χ4n) is 23.5. The van der Waals surface area contributed by atoms with Gasteiger partial charge in [-0.2, -0.15) is 0 Å². The standard InChI is InChI=1S/C19H27NO2.C19H25NO2.C18H27N.C17H25NO.C17H23NO.C14H23BO4.C11H14BrN/c2*1-2-11-20(12-3-1)18-6-4-5-17(15-18)16-7-9-19(10-8-16)21-13-14-22-19;1-15-8-10-16(11-9-15)17-6-5-7-18(14-17)19-12-3-2-4-13-19;2*19-17-9-7-14(8-10-17)15-5-4-6-16(13-15)18-11-2-1-3-12-18;1-12(2)13(3,4)19-15(18-12)11-5-7-14(8-6-11)16-9-10-17-14;12-10-5-4-6-11(9-10)13-7-2-1-3-8-13/h4-6,15-16H,1-3,7-14H2;4-7,15H,1-3,8-14H2;5-7,14-16H,2-4,8-13H2,1H3;4-6,13-14,17,19H,1-3,7-12H2;4-6,13-14H,1-3,7-12H2;5H,6-10H2,1-4H3;4-6,9H,1-3,7-8H2. The van der Waals surface area contributed by atoms with Crippen molar-refractivity contribution in [2.45, 2.75) is 350 Å². The number of hydrogen-bond acceptors (Lipinski definition) is 16. The molecule has 22 rings (SSSR count). The topological polar surface area (TPSA) is 131 Å². The van der Waals surface area contributed by atoms with E-state index in [9.17, 15) is 9.90 Å². The van der Waals surface area contributed by atoms with E-state index in [2.05, 4.69) is 238 Å². The van der Waals surface area contributed by atoms with Gasteiger partial charge in [0, 0.05) is 169 Å². The highest BCUT2D eigenvalue weighted by atomic mass is 79.9. The molecule has 10 heterocycles. The monoisotopic (exact) mass is 1880 g/mol. The molecule has 16 nitrogen and oxygen atoms in total. The van der Waals surface area contributed by atoms with Crippen molar-refractivity contribution in [1.82, 2.24) is 0 Å². The Balaban J connectivity index is 0.000000114. The molecule has 0 radical (unpaired) electrons. The minimum absolute atomic E-state index is 0.0541. The molecule has 724 valence electrons. The number of aliphatic hydroxyl groups excluding tert-OH is 1. The number of hydrogen-bond donors (Lipinski definition) is 1. The van der Waals surface area contributed by atoms with Crippen molar-refractivity contribution in [1.29, 1.82) is 0 Å². The molecule has 133 heavy (non-hydrogen) atoms. The Morgan fingerprint density at radius 2 is 0.647 bits per heavy atom. The lowest BCUT2D eigenvalue weighted by atomic mass is 9.71. The third-order valence-corrected chi connectivity index (χ3v) is 33.1. The van der Waals surface area contributed by atoms with Crippen LogP contribution in [0.25, 0.3) is 5.57 Å². The molecule has 10 aliphatic heterocycles. The van der Waals surface area contributed by atoms with Gasteiger partial charge in [0.25, 0.3) is 0 Å². The van der Waals surface area contributed by atoms with Gasteiger partial charge < -0.3 is 72.2 Å². The van der Waals surface area contributed by atoms with Crippen LogP contribution in [0.2, 0.25) is 0 Å². The van der Waals surface area contributed by atoms with Gasteiger partial charge in [0.1, 0.15) is 5.78 Å². The molecule has 18 heteroatoms. The van der Waals surface area contributed by atoms with E-state index in [1.54, 1.807) is 5.56 Å². The zero-order valence-corrected chi connectivity index (χ0v) is 83.8. The number of carbonyl (C=O) groups is 1. The lowest BCUT2D eigenvalue weighted by molar-refractivity contribution is -0.178. The van der Waals surface area contributed by atoms with Gasteiger partial charge in [0.2, 0.25) is 0 Å². The van der Waals surface area contributed by atoms with Gasteiger partial charge in [-0.05, 0) is 368 Å². The van der Waals surface area contributed by atoms with Crippen molar-refractivity contribution in [3.63, 3.8) is 0 Å². The van der Waals surface area contributed by atoms with E-state index in [4.69, 9.17) is 37.7 Å². The maximum atomic E-state index is 11.3. The predicted molar refractivity (Wildman–Crippen MR) is 551 cm³/mol. The van der Waals surface area contributed by atoms with Crippen LogP contribution < -0.4 is 29.4 Å². The van der Waals surface area contributed by atoms with Crippen LogP contribution in [0.5, 0.6) is 0 Å². The van der Waals surface area contributed by atoms with Crippen LogP contribution in [-0.4, -0.2) is 171 Å². The molecule has 14 fully saturated rings. The van der Waals surface area contributed by atoms with Crippen molar-refractivity contribution >= 4 is 68.5 Å². The van der Waals surface area contributed by atoms with E-state index in [-0.39, 0.29) is 41.8 Å². The molecule has 6 aromatic rings. The fraction of sp³-hybridized carbons (Fsp3) is 0.643. The van der Waals surface area contributed by atoms with Crippen LogP contribution in [0.3, 0.4) is 0 Å². The Bertz CT molecular complexity index is 4490. The Labute approximate surface area is 809 Å². The first-order chi connectivity index (χ1) is 64.9. The van der Waals surface area contributed by atoms with Crippen LogP contribution in [0.1, 0.15) is 343 Å². The van der Waals surface area contributed by atoms with Crippen LogP contribution in [0, 0.1) is 5.92 Å². The largest absolute Gasteiger partial charge is 0.490 e. The Morgan fingerprint density at radius 3 is 1.00 bits per heavy atom. The molecule has 6 aliphatic carbocycles. The molecule has 0 aromatic heterocycles. The average molecular weight is 1880 g/mol. The minimum Gasteiger partial charge on any atom is -0.400 e. The molecule has 16 aliphatic rings. The van der Waals surface area contributed by atoms with Crippen LogP contribution in [0.15, 0.2) is 168 Å². The maximum absolute atomic E-state index is 11.3. The van der Waals surface area contributed by atoms with Gasteiger partial charge in [0.15, 0.2) is 17.4 Å². The number of Topliss-reactive ketones (excluding diaryl/α,β-unsaturated/α-hetero) is 1. The number of aliphatic hydroxyl groups is 1. The molecule has 1 N–H and O–H groups in total. The number of halogens is 1. The van der Waals surface area contributed by atoms with E-state index in [0.29, 0.717) is 36.8 Å². The number of nitrogens with zero attached hydrogens (tertiary/aromatic N) is 6. The summed E-state index contributed by atoms with van der Waals surface area (Å²) < 4.78 is 48.1. The van der Waals surface area contributed by atoms with E-state index in [1.807, 2.05) is 0 Å². The zero-order chi connectivity index (χ0) is 91.7. The lowest BCUT2D eigenvalue weighted by Gasteiger charge is -2.36. The summed E-state index contributed by atoms with van der Waals surface area (Å²) in [5.74, 6) is 3.23. The number of anilines is 6. The second-order valence-corrected chi connectivity index (χ2v) is 43.5. The van der Waals surface area contributed by atoms with Crippen LogP contribution >= 0.6 is 15.9 Å². The normalized spacial score (nSPS) is 25.8. The first kappa shape index (κ1) is 99.5. The summed E-state index contributed by atoms with van der Waals surface area (Å²) in [4.78, 5) is 26.5. The highest BCUT2D eigenvalue weighted by Crippen LogP contribution is 2.48. The van der Waals surface area contributed by atoms with Gasteiger partial charge in [0.05, 0.1) is 56.9 Å². The lowest BCUT2D eigenvalue weighted by Crippen LogP contribution is -2.41. The number of carbonyl (C=O) groups excluding carboxylic acids is 1. The molecule has 3 spiro atoms. The average Bonchev–Trinajstić information content (AvgIpc) is 1.61. The third kappa shape index (κ3) is 28.0. The number of benzene rings is 6. The smallest absolute Gasteiger partial charge is 0.400 e. The fourth-order valence-corrected chi connectivity index (χ4v) is 23.9. The van der Waals surface area contributed by atoms with Gasteiger partial charge in [-0.25, -0.2) is 0 Å². The van der Waals surface area contributed by atoms with Crippen LogP contribution in [-0.2, 0) is 42.5 Å². The first-order valence-corrected chi connectivity index (χ1v) is 54.2. The second-order valence-electron chi connectivity index (χ2n) is 42.6. The highest BCUT2D eigenvalue weighted by Gasteiger charge is 2.54. The summed E-state index contributed by atoms with van der Waals surface area (Å²) >= 11 is 3.50. The van der Waals surface area contributed by atoms with Gasteiger partial charge in [-0.15, -0.1) is 0 Å². The first-order valence-electron chi connectivity index (χ1n) is 53.4. The molecular weight excluding hydrogens is 1720 g/mol. The quantitative estimate of drug-likeness (QED) is 0.117. The third-order valence-electron chi connectivity index (χ3n) is 32.6. The predicted octanol–water partition coefficient (Wildman–Crippen LogP) is 26.5. The molecule has 0 bridgehead atoms. The molecular formula is C115H164BBrN6O10. The molecule has 4 saturated carbocycles. The number of piperidine rings is 6. The molecule has 0 amide bonds. The summed E-state index contributed by atoms with van der Waals surface area (Å²) in [5.41, 5.74) is 17.9. The zero-order valence-electron chi connectivity index (χ0n) is 82.2. The molecule has 6 aromatic carbocycles. The van der Waals surface area contributed by atoms with Crippen molar-refractivity contribution in [3.8, 4) is 0 Å². The number of ketones is 1. The Kier molecular flexibility index (Phi) is 36.5. The summed E-state index contributed by atoms with van der Waals surface area (Å²) in [6.07, 6.45) is 52.3. The Hall–Kier alpha value is -6.55. The summed E-state index contributed by atoms with van der Waals surface area (Å²) in [7, 11) is -0.219. The van der Waals surface area contributed by atoms with Gasteiger partial charge in [-0.1, -0.05) is 115 Å². The summed E-state index contributed by atoms with van der Waals surface area (Å²) in [5, 5.41) is 9.62. The van der Waals surface area contributed by atoms with Crippen molar-refractivity contribution in [2.75, 3.05) is 148 Å². The summed E-state index contributed by atoms with van der Waals surface area (Å²) in [6.45, 7) is 29.8. The van der Waals surface area contributed by atoms with Crippen molar-refractivity contribution in [2.24, 2.45) is 5.92 Å². The molecule has 10 saturated heterocycles. The highest BCUT2D eigenvalue weighted by molar-refractivity contribution is 9.10. The van der Waals surface area contributed by atoms with E-state index >= 15 is 0 Å². The minimum atomic E-state index is -0.368.